The van der Waals surface area contributed by atoms with Crippen molar-refractivity contribution in [2.75, 3.05) is 13.2 Å². The summed E-state index contributed by atoms with van der Waals surface area (Å²) in [6, 6.07) is 25.8. The highest BCUT2D eigenvalue weighted by atomic mass is 16.5. The highest BCUT2D eigenvalue weighted by Gasteiger charge is 2.61. The Morgan fingerprint density at radius 2 is 1.45 bits per heavy atom. The first-order valence-corrected chi connectivity index (χ1v) is 12.3. The van der Waals surface area contributed by atoms with Gasteiger partial charge in [-0.2, -0.15) is 0 Å². The van der Waals surface area contributed by atoms with E-state index in [1.165, 1.54) is 9.80 Å². The van der Waals surface area contributed by atoms with Crippen LogP contribution in [0.3, 0.4) is 0 Å². The molecule has 0 bridgehead atoms. The van der Waals surface area contributed by atoms with Crippen LogP contribution in [0, 0.1) is 0 Å². The molecule has 3 amide bonds. The summed E-state index contributed by atoms with van der Waals surface area (Å²) in [6.07, 6.45) is -1.12. The van der Waals surface area contributed by atoms with Gasteiger partial charge in [0, 0.05) is 6.54 Å². The minimum atomic E-state index is -1.19. The molecule has 3 atom stereocenters. The van der Waals surface area contributed by atoms with Crippen LogP contribution < -0.4 is 10.1 Å². The van der Waals surface area contributed by atoms with Crippen LogP contribution in [0.15, 0.2) is 91.0 Å². The zero-order chi connectivity index (χ0) is 26.5. The SMILES string of the molecule is O=C(COc1ccccc1)N[C@@H]1C(=O)N2C1CN(C(=O)Cc1ccccc1)C2C(=O)OCc1ccccc1. The minimum Gasteiger partial charge on any atom is -0.484 e. The first kappa shape index (κ1) is 25.0. The van der Waals surface area contributed by atoms with Crippen molar-refractivity contribution in [2.24, 2.45) is 0 Å². The maximum atomic E-state index is 13.3. The molecule has 194 valence electrons. The lowest BCUT2D eigenvalue weighted by molar-refractivity contribution is -0.170. The minimum absolute atomic E-state index is 0.0145. The van der Waals surface area contributed by atoms with Crippen LogP contribution in [-0.4, -0.2) is 64.9 Å². The molecule has 0 saturated carbocycles. The highest BCUT2D eigenvalue weighted by molar-refractivity contribution is 5.99. The molecule has 0 aromatic heterocycles. The number of carbonyl (C=O) groups excluding carboxylic acids is 4. The average molecular weight is 514 g/mol. The molecular formula is C29H27N3O6. The molecule has 38 heavy (non-hydrogen) atoms. The lowest BCUT2D eigenvalue weighted by Crippen LogP contribution is -2.71. The van der Waals surface area contributed by atoms with Crippen molar-refractivity contribution in [3.63, 3.8) is 0 Å². The maximum Gasteiger partial charge on any atom is 0.350 e. The van der Waals surface area contributed by atoms with E-state index < -0.39 is 36.0 Å². The van der Waals surface area contributed by atoms with E-state index in [2.05, 4.69) is 5.32 Å². The summed E-state index contributed by atoms with van der Waals surface area (Å²) in [4.78, 5) is 54.8. The molecule has 0 radical (unpaired) electrons. The topological polar surface area (TPSA) is 105 Å². The van der Waals surface area contributed by atoms with Gasteiger partial charge < -0.3 is 24.6 Å². The van der Waals surface area contributed by atoms with Crippen LogP contribution in [0.1, 0.15) is 11.1 Å². The summed E-state index contributed by atoms with van der Waals surface area (Å²) in [6.45, 7) is -0.146. The number of hydrogen-bond donors (Lipinski definition) is 1. The number of nitrogens with one attached hydrogen (secondary N) is 1. The van der Waals surface area contributed by atoms with Crippen molar-refractivity contribution >= 4 is 23.7 Å². The summed E-state index contributed by atoms with van der Waals surface area (Å²) in [7, 11) is 0. The molecule has 3 aromatic rings. The number of carbonyl (C=O) groups is 4. The van der Waals surface area contributed by atoms with E-state index in [4.69, 9.17) is 9.47 Å². The fourth-order valence-corrected chi connectivity index (χ4v) is 4.71. The molecule has 2 unspecified atom stereocenters. The normalized spacial score (nSPS) is 19.8. The fraction of sp³-hybridized carbons (Fsp3) is 0.241. The molecule has 2 saturated heterocycles. The van der Waals surface area contributed by atoms with Gasteiger partial charge in [0.25, 0.3) is 5.91 Å². The van der Waals surface area contributed by atoms with Crippen molar-refractivity contribution in [2.45, 2.75) is 31.3 Å². The Kier molecular flexibility index (Phi) is 7.35. The van der Waals surface area contributed by atoms with Crippen molar-refractivity contribution in [1.82, 2.24) is 15.1 Å². The molecule has 3 aromatic carbocycles. The van der Waals surface area contributed by atoms with Crippen LogP contribution in [0.4, 0.5) is 0 Å². The molecule has 0 aliphatic carbocycles. The summed E-state index contributed by atoms with van der Waals surface area (Å²) in [5, 5.41) is 2.69. The second-order valence-corrected chi connectivity index (χ2v) is 9.14. The number of benzene rings is 3. The number of fused-ring (bicyclic) bond motifs is 1. The molecule has 2 fully saturated rings. The average Bonchev–Trinajstić information content (AvgIpc) is 3.32. The van der Waals surface area contributed by atoms with E-state index in [1.807, 2.05) is 66.7 Å². The predicted molar refractivity (Wildman–Crippen MR) is 136 cm³/mol. The number of rotatable bonds is 9. The van der Waals surface area contributed by atoms with Gasteiger partial charge in [-0.15, -0.1) is 0 Å². The fourth-order valence-electron chi connectivity index (χ4n) is 4.71. The number of amides is 3. The van der Waals surface area contributed by atoms with E-state index in [0.29, 0.717) is 5.75 Å². The van der Waals surface area contributed by atoms with Crippen LogP contribution >= 0.6 is 0 Å². The smallest absolute Gasteiger partial charge is 0.350 e. The van der Waals surface area contributed by atoms with Gasteiger partial charge in [-0.05, 0) is 23.3 Å². The van der Waals surface area contributed by atoms with Gasteiger partial charge in [-0.3, -0.25) is 14.4 Å². The van der Waals surface area contributed by atoms with Gasteiger partial charge >= 0.3 is 5.97 Å². The van der Waals surface area contributed by atoms with Gasteiger partial charge in [0.1, 0.15) is 18.4 Å². The third kappa shape index (κ3) is 5.36. The van der Waals surface area contributed by atoms with Crippen LogP contribution in [0.5, 0.6) is 5.75 Å². The zero-order valence-electron chi connectivity index (χ0n) is 20.6. The van der Waals surface area contributed by atoms with Gasteiger partial charge in [0.2, 0.25) is 18.0 Å². The third-order valence-electron chi connectivity index (χ3n) is 6.59. The van der Waals surface area contributed by atoms with Crippen LogP contribution in [-0.2, 0) is 36.9 Å². The first-order valence-electron chi connectivity index (χ1n) is 12.3. The maximum absolute atomic E-state index is 13.3. The van der Waals surface area contributed by atoms with Gasteiger partial charge in [-0.1, -0.05) is 78.9 Å². The summed E-state index contributed by atoms with van der Waals surface area (Å²) >= 11 is 0. The molecule has 9 heteroatoms. The molecule has 2 aliphatic rings. The number of β-lactam (4-membered cyclic amide) rings is 1. The highest BCUT2D eigenvalue weighted by Crippen LogP contribution is 2.34. The molecule has 2 aliphatic heterocycles. The van der Waals surface area contributed by atoms with Gasteiger partial charge in [-0.25, -0.2) is 4.79 Å². The second kappa shape index (κ2) is 11.2. The number of esters is 1. The van der Waals surface area contributed by atoms with Gasteiger partial charge in [0.15, 0.2) is 6.61 Å². The van der Waals surface area contributed by atoms with Crippen molar-refractivity contribution < 1.29 is 28.7 Å². The standard InChI is InChI=1S/C29H27N3O6/c33-24(19-37-22-14-8-3-9-15-22)30-26-23-17-31(25(34)16-20-10-4-1-5-11-20)27(32(23)28(26)35)29(36)38-18-21-12-6-2-7-13-21/h1-15,23,26-27H,16-19H2,(H,30,33)/t23?,26-,27?/m0/s1. The summed E-state index contributed by atoms with van der Waals surface area (Å²) < 4.78 is 11.0. The van der Waals surface area contributed by atoms with Crippen molar-refractivity contribution in [1.29, 1.82) is 0 Å². The first-order chi connectivity index (χ1) is 18.5. The molecule has 0 spiro atoms. The largest absolute Gasteiger partial charge is 0.484 e. The Morgan fingerprint density at radius 1 is 0.842 bits per heavy atom. The Hall–Kier alpha value is -4.66. The molecule has 5 rings (SSSR count). The number of nitrogens with zero attached hydrogens (tertiary/aromatic N) is 2. The van der Waals surface area contributed by atoms with E-state index in [-0.39, 0.29) is 32.1 Å². The monoisotopic (exact) mass is 513 g/mol. The molecule has 1 N–H and O–H groups in total. The van der Waals surface area contributed by atoms with E-state index in [0.717, 1.165) is 11.1 Å². The second-order valence-electron chi connectivity index (χ2n) is 9.14. The van der Waals surface area contributed by atoms with Crippen molar-refractivity contribution in [3.05, 3.63) is 102 Å². The predicted octanol–water partition coefficient (Wildman–Crippen LogP) is 1.92. The molecule has 2 heterocycles. The lowest BCUT2D eigenvalue weighted by atomic mass is 9.96. The Labute approximate surface area is 219 Å². The Morgan fingerprint density at radius 3 is 2.11 bits per heavy atom. The summed E-state index contributed by atoms with van der Waals surface area (Å²) in [5.74, 6) is -1.38. The van der Waals surface area contributed by atoms with E-state index >= 15 is 0 Å². The van der Waals surface area contributed by atoms with E-state index in [1.54, 1.807) is 24.3 Å². The molecule has 9 nitrogen and oxygen atoms in total. The quantitative estimate of drug-likeness (QED) is 0.346. The number of para-hydroxylation sites is 1. The van der Waals surface area contributed by atoms with Crippen molar-refractivity contribution in [3.8, 4) is 5.75 Å². The third-order valence-corrected chi connectivity index (χ3v) is 6.59. The molecular weight excluding hydrogens is 486 g/mol. The Bertz CT molecular complexity index is 1300. The van der Waals surface area contributed by atoms with Crippen LogP contribution in [0.25, 0.3) is 0 Å². The Balaban J connectivity index is 1.27. The van der Waals surface area contributed by atoms with Gasteiger partial charge in [0.05, 0.1) is 12.5 Å². The lowest BCUT2D eigenvalue weighted by Gasteiger charge is -2.43. The number of ether oxygens (including phenoxy) is 2. The van der Waals surface area contributed by atoms with Crippen LogP contribution in [0.2, 0.25) is 0 Å². The van der Waals surface area contributed by atoms with E-state index in [9.17, 15) is 19.2 Å². The number of hydrogen-bond acceptors (Lipinski definition) is 6. The zero-order valence-corrected chi connectivity index (χ0v) is 20.6. The summed E-state index contributed by atoms with van der Waals surface area (Å²) in [5.41, 5.74) is 1.58.